The summed E-state index contributed by atoms with van der Waals surface area (Å²) in [6.07, 6.45) is 5.08. The van der Waals surface area contributed by atoms with Crippen molar-refractivity contribution in [3.8, 4) is 0 Å². The van der Waals surface area contributed by atoms with E-state index in [1.807, 2.05) is 0 Å². The van der Waals surface area contributed by atoms with Gasteiger partial charge in [-0.25, -0.2) is 9.97 Å². The molecule has 1 rings (SSSR count). The van der Waals surface area contributed by atoms with Gasteiger partial charge in [-0.15, -0.1) is 0 Å². The molecule has 0 aliphatic carbocycles. The minimum absolute atomic E-state index is 0.305. The topological polar surface area (TPSA) is 72.0 Å². The van der Waals surface area contributed by atoms with E-state index in [1.165, 1.54) is 0 Å². The molecular formula is C10H17N3OS. The molecule has 1 unspecified atom stereocenters. The molecule has 0 aliphatic rings. The van der Waals surface area contributed by atoms with Crippen molar-refractivity contribution in [2.45, 2.75) is 30.5 Å². The highest BCUT2D eigenvalue weighted by Crippen LogP contribution is 2.17. The van der Waals surface area contributed by atoms with Crippen molar-refractivity contribution in [3.05, 3.63) is 18.5 Å². The summed E-state index contributed by atoms with van der Waals surface area (Å²) in [5.74, 6) is 0.903. The number of hydrogen-bond donors (Lipinski definition) is 2. The number of nitrogens with zero attached hydrogens (tertiary/aromatic N) is 2. The highest BCUT2D eigenvalue weighted by atomic mass is 32.2. The summed E-state index contributed by atoms with van der Waals surface area (Å²) in [6.45, 7) is 2.07. The van der Waals surface area contributed by atoms with Crippen LogP contribution in [0.15, 0.2) is 23.6 Å². The third-order valence-corrected chi connectivity index (χ3v) is 3.03. The average molecular weight is 227 g/mol. The first-order valence-corrected chi connectivity index (χ1v) is 5.95. The lowest BCUT2D eigenvalue weighted by Crippen LogP contribution is -2.34. The van der Waals surface area contributed by atoms with Crippen molar-refractivity contribution in [1.29, 1.82) is 0 Å². The zero-order chi connectivity index (χ0) is 11.1. The molecule has 0 spiro atoms. The minimum Gasteiger partial charge on any atom is -0.389 e. The maximum Gasteiger partial charge on any atom is 0.187 e. The van der Waals surface area contributed by atoms with Crippen LogP contribution in [0.3, 0.4) is 0 Å². The Morgan fingerprint density at radius 3 is 2.73 bits per heavy atom. The third kappa shape index (κ3) is 5.11. The van der Waals surface area contributed by atoms with Crippen LogP contribution in [0.25, 0.3) is 0 Å². The lowest BCUT2D eigenvalue weighted by Gasteiger charge is -2.20. The summed E-state index contributed by atoms with van der Waals surface area (Å²) >= 11 is 1.60. The number of aromatic nitrogens is 2. The van der Waals surface area contributed by atoms with E-state index in [9.17, 15) is 5.11 Å². The predicted octanol–water partition coefficient (Wildman–Crippen LogP) is 1.06. The molecule has 5 heteroatoms. The van der Waals surface area contributed by atoms with Gasteiger partial charge in [0.15, 0.2) is 5.16 Å². The Labute approximate surface area is 94.3 Å². The van der Waals surface area contributed by atoms with Gasteiger partial charge in [0.1, 0.15) is 0 Å². The second-order valence-electron chi connectivity index (χ2n) is 3.68. The number of thioether (sulfide) groups is 1. The van der Waals surface area contributed by atoms with Gasteiger partial charge < -0.3 is 10.8 Å². The van der Waals surface area contributed by atoms with Crippen LogP contribution in [0.2, 0.25) is 0 Å². The zero-order valence-corrected chi connectivity index (χ0v) is 9.70. The van der Waals surface area contributed by atoms with Crippen molar-refractivity contribution >= 4 is 11.8 Å². The van der Waals surface area contributed by atoms with Gasteiger partial charge in [-0.05, 0) is 25.8 Å². The SMILES string of the molecule is CC(O)(CN)CCCSc1ncccn1. The first-order valence-electron chi connectivity index (χ1n) is 4.96. The van der Waals surface area contributed by atoms with E-state index in [0.717, 1.165) is 17.3 Å². The molecule has 0 fully saturated rings. The summed E-state index contributed by atoms with van der Waals surface area (Å²) in [5, 5.41) is 10.4. The van der Waals surface area contributed by atoms with E-state index in [0.29, 0.717) is 13.0 Å². The number of hydrogen-bond acceptors (Lipinski definition) is 5. The van der Waals surface area contributed by atoms with Crippen molar-refractivity contribution in [2.75, 3.05) is 12.3 Å². The van der Waals surface area contributed by atoms with Gasteiger partial charge in [0.05, 0.1) is 5.60 Å². The fourth-order valence-corrected chi connectivity index (χ4v) is 1.82. The molecule has 3 N–H and O–H groups in total. The quantitative estimate of drug-likeness (QED) is 0.432. The van der Waals surface area contributed by atoms with E-state index in [2.05, 4.69) is 9.97 Å². The Kier molecular flexibility index (Phi) is 5.01. The fraction of sp³-hybridized carbons (Fsp3) is 0.600. The molecule has 0 saturated heterocycles. The van der Waals surface area contributed by atoms with E-state index < -0.39 is 5.60 Å². The molecular weight excluding hydrogens is 210 g/mol. The Bertz CT molecular complexity index is 279. The van der Waals surface area contributed by atoms with Crippen LogP contribution in [-0.2, 0) is 0 Å². The van der Waals surface area contributed by atoms with Crippen molar-refractivity contribution < 1.29 is 5.11 Å². The Morgan fingerprint density at radius 1 is 1.47 bits per heavy atom. The molecule has 0 saturated carbocycles. The molecule has 1 atom stereocenters. The first-order chi connectivity index (χ1) is 7.14. The van der Waals surface area contributed by atoms with Crippen molar-refractivity contribution in [1.82, 2.24) is 9.97 Å². The zero-order valence-electron chi connectivity index (χ0n) is 8.89. The highest BCUT2D eigenvalue weighted by Gasteiger charge is 2.16. The summed E-state index contributed by atoms with van der Waals surface area (Å²) in [5.41, 5.74) is 4.68. The maximum atomic E-state index is 9.65. The molecule has 0 aliphatic heterocycles. The largest absolute Gasteiger partial charge is 0.389 e. The standard InChI is InChI=1S/C10H17N3OS/c1-10(14,8-11)4-2-7-15-9-12-5-3-6-13-9/h3,5-6,14H,2,4,7-8,11H2,1H3. The molecule has 1 aromatic rings. The van der Waals surface area contributed by atoms with Gasteiger partial charge >= 0.3 is 0 Å². The molecule has 1 aromatic heterocycles. The monoisotopic (exact) mass is 227 g/mol. The van der Waals surface area contributed by atoms with Crippen molar-refractivity contribution in [3.63, 3.8) is 0 Å². The number of nitrogens with two attached hydrogens (primary N) is 1. The lowest BCUT2D eigenvalue weighted by molar-refractivity contribution is 0.0596. The third-order valence-electron chi connectivity index (χ3n) is 2.07. The number of rotatable bonds is 6. The van der Waals surface area contributed by atoms with Crippen LogP contribution in [0.1, 0.15) is 19.8 Å². The maximum absolute atomic E-state index is 9.65. The fourth-order valence-electron chi connectivity index (χ4n) is 1.08. The predicted molar refractivity (Wildman–Crippen MR) is 61.7 cm³/mol. The summed E-state index contributed by atoms with van der Waals surface area (Å²) < 4.78 is 0. The molecule has 84 valence electrons. The van der Waals surface area contributed by atoms with Crippen LogP contribution in [-0.4, -0.2) is 33.0 Å². The molecule has 0 aromatic carbocycles. The minimum atomic E-state index is -0.738. The lowest BCUT2D eigenvalue weighted by atomic mass is 10.0. The number of aliphatic hydroxyl groups is 1. The summed E-state index contributed by atoms with van der Waals surface area (Å²) in [6, 6.07) is 1.79. The van der Waals surface area contributed by atoms with Crippen LogP contribution in [0, 0.1) is 0 Å². The molecule has 1 heterocycles. The van der Waals surface area contributed by atoms with Gasteiger partial charge in [0, 0.05) is 24.7 Å². The second kappa shape index (κ2) is 6.05. The van der Waals surface area contributed by atoms with Gasteiger partial charge in [-0.3, -0.25) is 0 Å². The van der Waals surface area contributed by atoms with E-state index in [1.54, 1.807) is 37.1 Å². The molecule has 15 heavy (non-hydrogen) atoms. The van der Waals surface area contributed by atoms with E-state index in [-0.39, 0.29) is 0 Å². The molecule has 0 radical (unpaired) electrons. The van der Waals surface area contributed by atoms with Crippen LogP contribution in [0.4, 0.5) is 0 Å². The normalized spacial score (nSPS) is 14.9. The molecule has 0 amide bonds. The Morgan fingerprint density at radius 2 is 2.13 bits per heavy atom. The average Bonchev–Trinajstić information content (AvgIpc) is 2.26. The Balaban J connectivity index is 2.18. The van der Waals surface area contributed by atoms with Crippen LogP contribution in [0.5, 0.6) is 0 Å². The second-order valence-corrected chi connectivity index (χ2v) is 4.75. The van der Waals surface area contributed by atoms with Gasteiger partial charge in [-0.1, -0.05) is 11.8 Å². The van der Waals surface area contributed by atoms with Crippen LogP contribution < -0.4 is 5.73 Å². The Hall–Kier alpha value is -0.650. The first kappa shape index (κ1) is 12.4. The smallest absolute Gasteiger partial charge is 0.187 e. The summed E-state index contributed by atoms with van der Waals surface area (Å²) in [4.78, 5) is 8.20. The van der Waals surface area contributed by atoms with E-state index in [4.69, 9.17) is 5.73 Å². The van der Waals surface area contributed by atoms with Gasteiger partial charge in [0.25, 0.3) is 0 Å². The van der Waals surface area contributed by atoms with Gasteiger partial charge in [-0.2, -0.15) is 0 Å². The highest BCUT2D eigenvalue weighted by molar-refractivity contribution is 7.99. The molecule has 4 nitrogen and oxygen atoms in total. The molecule has 0 bridgehead atoms. The van der Waals surface area contributed by atoms with Crippen LogP contribution >= 0.6 is 11.8 Å². The van der Waals surface area contributed by atoms with Gasteiger partial charge in [0.2, 0.25) is 0 Å². The summed E-state index contributed by atoms with van der Waals surface area (Å²) in [7, 11) is 0. The van der Waals surface area contributed by atoms with E-state index >= 15 is 0 Å². The van der Waals surface area contributed by atoms with Crippen molar-refractivity contribution in [2.24, 2.45) is 5.73 Å².